The molecule has 1 saturated heterocycles. The lowest BCUT2D eigenvalue weighted by Crippen LogP contribution is -2.50. The monoisotopic (exact) mass is 417 g/mol. The lowest BCUT2D eigenvalue weighted by atomic mass is 9.85. The first kappa shape index (κ1) is 23.9. The molecule has 0 bridgehead atoms. The van der Waals surface area contributed by atoms with Crippen molar-refractivity contribution < 1.29 is 13.2 Å². The summed E-state index contributed by atoms with van der Waals surface area (Å²) in [6.07, 6.45) is 0.305. The minimum absolute atomic E-state index is 0. The third kappa shape index (κ3) is 5.22. The van der Waals surface area contributed by atoms with Crippen LogP contribution in [-0.2, 0) is 20.2 Å². The van der Waals surface area contributed by atoms with Crippen molar-refractivity contribution in [3.05, 3.63) is 28.8 Å². The maximum Gasteiger partial charge on any atom is 0.243 e. The third-order valence-corrected chi connectivity index (χ3v) is 7.08. The van der Waals surface area contributed by atoms with Crippen molar-refractivity contribution in [3.63, 3.8) is 0 Å². The normalized spacial score (nSPS) is 16.1. The average Bonchev–Trinajstić information content (AvgIpc) is 2.53. The van der Waals surface area contributed by atoms with Crippen LogP contribution in [0.1, 0.15) is 43.9 Å². The Balaban J connectivity index is 0.00000364. The van der Waals surface area contributed by atoms with Crippen molar-refractivity contribution in [1.29, 1.82) is 0 Å². The molecule has 0 spiro atoms. The van der Waals surface area contributed by atoms with E-state index in [1.165, 1.54) is 4.31 Å². The van der Waals surface area contributed by atoms with Crippen LogP contribution in [0.2, 0.25) is 0 Å². The number of piperazine rings is 1. The maximum atomic E-state index is 13.2. The van der Waals surface area contributed by atoms with E-state index in [-0.39, 0.29) is 23.7 Å². The molecule has 154 valence electrons. The summed E-state index contributed by atoms with van der Waals surface area (Å²) in [5.74, 6) is -0.00793. The summed E-state index contributed by atoms with van der Waals surface area (Å²) in [6, 6.07) is 3.95. The molecule has 1 aromatic carbocycles. The SMILES string of the molecule is Cc1cc(C(C)(C)C)cc(C)c1S(=O)(=O)N1CCN(C(=O)CCN)CC1.Cl. The van der Waals surface area contributed by atoms with E-state index in [9.17, 15) is 13.2 Å². The molecular formula is C19H32ClN3O3S. The third-order valence-electron chi connectivity index (χ3n) is 4.87. The Bertz CT molecular complexity index is 757. The molecule has 1 heterocycles. The van der Waals surface area contributed by atoms with Gasteiger partial charge in [-0.15, -0.1) is 12.4 Å². The van der Waals surface area contributed by atoms with Gasteiger partial charge in [0.2, 0.25) is 15.9 Å². The summed E-state index contributed by atoms with van der Waals surface area (Å²) in [7, 11) is -3.58. The van der Waals surface area contributed by atoms with Crippen molar-refractivity contribution in [3.8, 4) is 0 Å². The van der Waals surface area contributed by atoms with E-state index in [0.717, 1.165) is 16.7 Å². The van der Waals surface area contributed by atoms with E-state index in [4.69, 9.17) is 5.73 Å². The summed E-state index contributed by atoms with van der Waals surface area (Å²) >= 11 is 0. The van der Waals surface area contributed by atoms with Gasteiger partial charge in [-0.3, -0.25) is 4.79 Å². The van der Waals surface area contributed by atoms with Crippen molar-refractivity contribution in [2.24, 2.45) is 5.73 Å². The molecule has 1 aliphatic heterocycles. The molecule has 1 aliphatic rings. The number of rotatable bonds is 4. The van der Waals surface area contributed by atoms with Crippen LogP contribution in [-0.4, -0.2) is 56.3 Å². The van der Waals surface area contributed by atoms with Crippen molar-refractivity contribution in [2.45, 2.75) is 51.3 Å². The molecule has 8 heteroatoms. The Hall–Kier alpha value is -1.15. The Morgan fingerprint density at radius 1 is 1.07 bits per heavy atom. The maximum absolute atomic E-state index is 13.2. The largest absolute Gasteiger partial charge is 0.340 e. The molecule has 27 heavy (non-hydrogen) atoms. The quantitative estimate of drug-likeness (QED) is 0.813. The fourth-order valence-corrected chi connectivity index (χ4v) is 5.21. The van der Waals surface area contributed by atoms with E-state index in [2.05, 4.69) is 20.8 Å². The highest BCUT2D eigenvalue weighted by atomic mass is 35.5. The number of aryl methyl sites for hydroxylation is 2. The Morgan fingerprint density at radius 2 is 1.56 bits per heavy atom. The molecule has 2 N–H and O–H groups in total. The number of nitrogens with two attached hydrogens (primary N) is 1. The number of benzene rings is 1. The number of sulfonamides is 1. The Morgan fingerprint density at radius 3 is 1.96 bits per heavy atom. The smallest absolute Gasteiger partial charge is 0.243 e. The Labute approximate surface area is 169 Å². The van der Waals surface area contributed by atoms with Gasteiger partial charge in [0, 0.05) is 39.1 Å². The molecule has 0 atom stereocenters. The van der Waals surface area contributed by atoms with Gasteiger partial charge in [-0.05, 0) is 36.0 Å². The zero-order chi connectivity index (χ0) is 19.7. The number of nitrogens with zero attached hydrogens (tertiary/aromatic N) is 2. The van der Waals surface area contributed by atoms with Crippen LogP contribution >= 0.6 is 12.4 Å². The predicted molar refractivity (Wildman–Crippen MR) is 111 cm³/mol. The van der Waals surface area contributed by atoms with Crippen LogP contribution in [0.5, 0.6) is 0 Å². The standard InChI is InChI=1S/C19H31N3O3S.ClH/c1-14-12-16(19(3,4)5)13-15(2)18(14)26(24,25)22-10-8-21(9-11-22)17(23)6-7-20;/h12-13H,6-11,20H2,1-5H3;1H. The van der Waals surface area contributed by atoms with Crippen LogP contribution in [0.25, 0.3) is 0 Å². The molecule has 0 saturated carbocycles. The molecular weight excluding hydrogens is 386 g/mol. The fraction of sp³-hybridized carbons (Fsp3) is 0.632. The topological polar surface area (TPSA) is 83.7 Å². The molecule has 1 amide bonds. The van der Waals surface area contributed by atoms with E-state index in [1.54, 1.807) is 4.90 Å². The van der Waals surface area contributed by atoms with E-state index in [1.807, 2.05) is 26.0 Å². The van der Waals surface area contributed by atoms with E-state index in [0.29, 0.717) is 44.0 Å². The van der Waals surface area contributed by atoms with Gasteiger partial charge in [-0.2, -0.15) is 4.31 Å². The minimum Gasteiger partial charge on any atom is -0.340 e. The highest BCUT2D eigenvalue weighted by Crippen LogP contribution is 2.31. The van der Waals surface area contributed by atoms with Gasteiger partial charge in [-0.25, -0.2) is 8.42 Å². The Kier molecular flexibility index (Phi) is 7.88. The molecule has 1 fully saturated rings. The zero-order valence-electron chi connectivity index (χ0n) is 16.9. The van der Waals surface area contributed by atoms with Crippen LogP contribution < -0.4 is 5.73 Å². The first-order valence-electron chi connectivity index (χ1n) is 9.08. The highest BCUT2D eigenvalue weighted by Gasteiger charge is 2.32. The molecule has 1 aromatic rings. The van der Waals surface area contributed by atoms with Gasteiger partial charge < -0.3 is 10.6 Å². The summed E-state index contributed by atoms with van der Waals surface area (Å²) < 4.78 is 27.9. The number of amides is 1. The number of carbonyl (C=O) groups excluding carboxylic acids is 1. The lowest BCUT2D eigenvalue weighted by Gasteiger charge is -2.34. The van der Waals surface area contributed by atoms with Gasteiger partial charge in [0.25, 0.3) is 0 Å². The van der Waals surface area contributed by atoms with Crippen molar-refractivity contribution in [2.75, 3.05) is 32.7 Å². The van der Waals surface area contributed by atoms with Gasteiger partial charge in [-0.1, -0.05) is 32.9 Å². The van der Waals surface area contributed by atoms with Crippen LogP contribution in [0.4, 0.5) is 0 Å². The molecule has 0 radical (unpaired) electrons. The number of halogens is 1. The number of carbonyl (C=O) groups is 1. The summed E-state index contributed by atoms with van der Waals surface area (Å²) in [4.78, 5) is 14.0. The molecule has 0 aliphatic carbocycles. The molecule has 0 unspecified atom stereocenters. The van der Waals surface area contributed by atoms with Gasteiger partial charge in [0.1, 0.15) is 0 Å². The molecule has 0 aromatic heterocycles. The van der Waals surface area contributed by atoms with Gasteiger partial charge >= 0.3 is 0 Å². The molecule has 6 nitrogen and oxygen atoms in total. The van der Waals surface area contributed by atoms with Crippen molar-refractivity contribution in [1.82, 2.24) is 9.21 Å². The van der Waals surface area contributed by atoms with Crippen molar-refractivity contribution >= 4 is 28.3 Å². The van der Waals surface area contributed by atoms with Gasteiger partial charge in [0.05, 0.1) is 4.90 Å². The zero-order valence-corrected chi connectivity index (χ0v) is 18.5. The number of hydrogen-bond donors (Lipinski definition) is 1. The second-order valence-electron chi connectivity index (χ2n) is 8.01. The summed E-state index contributed by atoms with van der Waals surface area (Å²) in [6.45, 7) is 11.8. The predicted octanol–water partition coefficient (Wildman–Crippen LogP) is 2.20. The fourth-order valence-electron chi connectivity index (χ4n) is 3.38. The second kappa shape index (κ2) is 8.90. The second-order valence-corrected chi connectivity index (χ2v) is 9.89. The molecule has 2 rings (SSSR count). The number of hydrogen-bond acceptors (Lipinski definition) is 4. The summed E-state index contributed by atoms with van der Waals surface area (Å²) in [5.41, 5.74) is 8.07. The minimum atomic E-state index is -3.58. The van der Waals surface area contributed by atoms with Crippen LogP contribution in [0, 0.1) is 13.8 Å². The van der Waals surface area contributed by atoms with Crippen LogP contribution in [0.15, 0.2) is 17.0 Å². The van der Waals surface area contributed by atoms with Gasteiger partial charge in [0.15, 0.2) is 0 Å². The summed E-state index contributed by atoms with van der Waals surface area (Å²) in [5, 5.41) is 0. The van der Waals surface area contributed by atoms with E-state index >= 15 is 0 Å². The lowest BCUT2D eigenvalue weighted by molar-refractivity contribution is -0.132. The average molecular weight is 418 g/mol. The van der Waals surface area contributed by atoms with Crippen LogP contribution in [0.3, 0.4) is 0 Å². The highest BCUT2D eigenvalue weighted by molar-refractivity contribution is 7.89. The first-order chi connectivity index (χ1) is 12.0. The first-order valence-corrected chi connectivity index (χ1v) is 10.5. The van der Waals surface area contributed by atoms with E-state index < -0.39 is 10.0 Å².